The predicted molar refractivity (Wildman–Crippen MR) is 135 cm³/mol. The molecule has 1 N–H and O–H groups in total. The van der Waals surface area contributed by atoms with Crippen LogP contribution in [0.2, 0.25) is 0 Å². The maximum absolute atomic E-state index is 13.4. The topological polar surface area (TPSA) is 92.8 Å². The summed E-state index contributed by atoms with van der Waals surface area (Å²) in [7, 11) is 0. The molecule has 2 fully saturated rings. The Morgan fingerprint density at radius 1 is 1.19 bits per heavy atom. The number of amides is 3. The van der Waals surface area contributed by atoms with Gasteiger partial charge in [0, 0.05) is 29.8 Å². The first-order valence-corrected chi connectivity index (χ1v) is 13.1. The van der Waals surface area contributed by atoms with Gasteiger partial charge in [0.25, 0.3) is 0 Å². The van der Waals surface area contributed by atoms with Crippen molar-refractivity contribution in [1.82, 2.24) is 4.90 Å². The highest BCUT2D eigenvalue weighted by molar-refractivity contribution is 7.15. The van der Waals surface area contributed by atoms with Gasteiger partial charge in [-0.15, -0.1) is 11.3 Å². The molecular weight excluding hydrogens is 483 g/mol. The third-order valence-corrected chi connectivity index (χ3v) is 8.87. The Labute approximate surface area is 214 Å². The number of esters is 1. The van der Waals surface area contributed by atoms with Gasteiger partial charge in [0.2, 0.25) is 17.7 Å². The predicted octanol–water partition coefficient (Wildman–Crippen LogP) is 5.26. The molecule has 2 aromatic rings. The third kappa shape index (κ3) is 4.34. The number of imide groups is 1. The molecule has 1 saturated heterocycles. The number of anilines is 1. The third-order valence-electron chi connectivity index (χ3n) is 7.97. The number of fused-ring (bicyclic) bond motifs is 2. The Morgan fingerprint density at radius 2 is 1.89 bits per heavy atom. The van der Waals surface area contributed by atoms with Gasteiger partial charge in [-0.05, 0) is 49.3 Å². The molecular formula is C27H31FN2O5S. The second kappa shape index (κ2) is 9.76. The van der Waals surface area contributed by atoms with Crippen molar-refractivity contribution in [1.29, 1.82) is 0 Å². The van der Waals surface area contributed by atoms with Crippen LogP contribution < -0.4 is 5.32 Å². The Kier molecular flexibility index (Phi) is 7.05. The van der Waals surface area contributed by atoms with E-state index in [0.29, 0.717) is 35.4 Å². The molecule has 0 spiro atoms. The van der Waals surface area contributed by atoms with Crippen LogP contribution in [0.4, 0.5) is 9.39 Å². The molecule has 2 unspecified atom stereocenters. The molecule has 2 bridgehead atoms. The summed E-state index contributed by atoms with van der Waals surface area (Å²) in [6, 6.07) is 5.73. The van der Waals surface area contributed by atoms with Gasteiger partial charge in [0.1, 0.15) is 16.4 Å². The number of piperidine rings is 1. The number of benzene rings is 1. The number of nitrogens with one attached hydrogen (secondary N) is 1. The van der Waals surface area contributed by atoms with E-state index in [1.807, 2.05) is 20.8 Å². The highest BCUT2D eigenvalue weighted by Gasteiger charge is 2.64. The Morgan fingerprint density at radius 3 is 2.56 bits per heavy atom. The van der Waals surface area contributed by atoms with Crippen LogP contribution in [0.25, 0.3) is 11.1 Å². The number of halogens is 1. The van der Waals surface area contributed by atoms with Crippen molar-refractivity contribution < 1.29 is 28.3 Å². The van der Waals surface area contributed by atoms with Crippen LogP contribution >= 0.6 is 11.3 Å². The Bertz CT molecular complexity index is 1210. The molecule has 2 atom stereocenters. The normalized spacial score (nSPS) is 22.6. The second-order valence-electron chi connectivity index (χ2n) is 10.2. The summed E-state index contributed by atoms with van der Waals surface area (Å²) in [6.45, 7) is 7.97. The van der Waals surface area contributed by atoms with Crippen LogP contribution in [0, 0.1) is 22.6 Å². The van der Waals surface area contributed by atoms with Crippen molar-refractivity contribution in [2.24, 2.45) is 16.7 Å². The van der Waals surface area contributed by atoms with Gasteiger partial charge in [0.05, 0.1) is 12.0 Å². The molecule has 1 aromatic heterocycles. The number of thiophene rings is 1. The van der Waals surface area contributed by atoms with E-state index in [2.05, 4.69) is 5.32 Å². The van der Waals surface area contributed by atoms with E-state index >= 15 is 0 Å². The zero-order valence-electron chi connectivity index (χ0n) is 21.0. The summed E-state index contributed by atoms with van der Waals surface area (Å²) in [5.74, 6) is -1.79. The molecule has 1 aliphatic heterocycles. The van der Waals surface area contributed by atoms with E-state index in [0.717, 1.165) is 0 Å². The van der Waals surface area contributed by atoms with Crippen LogP contribution in [0.15, 0.2) is 29.6 Å². The fourth-order valence-corrected chi connectivity index (χ4v) is 6.37. The largest absolute Gasteiger partial charge is 0.462 e. The highest BCUT2D eigenvalue weighted by Crippen LogP contribution is 2.60. The van der Waals surface area contributed by atoms with Crippen molar-refractivity contribution in [2.75, 3.05) is 18.5 Å². The lowest BCUT2D eigenvalue weighted by molar-refractivity contribution is -0.168. The van der Waals surface area contributed by atoms with Gasteiger partial charge in [-0.2, -0.15) is 0 Å². The molecule has 1 aromatic carbocycles. The van der Waals surface area contributed by atoms with Crippen molar-refractivity contribution >= 4 is 40.0 Å². The van der Waals surface area contributed by atoms with Gasteiger partial charge < -0.3 is 10.1 Å². The molecule has 9 heteroatoms. The fraction of sp³-hybridized carbons (Fsp3) is 0.481. The fourth-order valence-electron chi connectivity index (χ4n) is 5.40. The lowest BCUT2D eigenvalue weighted by Gasteiger charge is -2.47. The number of hydrogen-bond acceptors (Lipinski definition) is 6. The average Bonchev–Trinajstić information content (AvgIpc) is 3.31. The van der Waals surface area contributed by atoms with E-state index in [-0.39, 0.29) is 54.2 Å². The standard InChI is InChI=1S/C27H31FN2O5S/c1-5-35-24(33)21-18(16-8-10-17(28)11-9-16)15-36-22(21)29-20(31)7-6-14-30-23(32)19-12-13-27(4,25(30)34)26(19,2)3/h8-11,15,19H,5-7,12-14H2,1-4H3,(H,29,31). The van der Waals surface area contributed by atoms with Crippen LogP contribution in [-0.4, -0.2) is 41.7 Å². The number of hydrogen-bond donors (Lipinski definition) is 1. The first-order valence-electron chi connectivity index (χ1n) is 12.2. The maximum Gasteiger partial charge on any atom is 0.341 e. The van der Waals surface area contributed by atoms with E-state index in [1.165, 1.54) is 28.4 Å². The first-order chi connectivity index (χ1) is 17.0. The molecule has 2 heterocycles. The monoisotopic (exact) mass is 514 g/mol. The number of carbonyl (C=O) groups is 4. The molecule has 4 rings (SSSR count). The molecule has 36 heavy (non-hydrogen) atoms. The second-order valence-corrected chi connectivity index (χ2v) is 11.1. The number of carbonyl (C=O) groups excluding carboxylic acids is 4. The summed E-state index contributed by atoms with van der Waals surface area (Å²) in [5.41, 5.74) is 0.444. The number of nitrogens with zero attached hydrogens (tertiary/aromatic N) is 1. The van der Waals surface area contributed by atoms with Crippen LogP contribution in [0.5, 0.6) is 0 Å². The van der Waals surface area contributed by atoms with Crippen molar-refractivity contribution in [3.8, 4) is 11.1 Å². The summed E-state index contributed by atoms with van der Waals surface area (Å²) in [6.07, 6.45) is 1.79. The maximum atomic E-state index is 13.4. The van der Waals surface area contributed by atoms with E-state index in [4.69, 9.17) is 4.74 Å². The van der Waals surface area contributed by atoms with Crippen LogP contribution in [0.3, 0.4) is 0 Å². The average molecular weight is 515 g/mol. The zero-order valence-corrected chi connectivity index (χ0v) is 21.8. The molecule has 0 radical (unpaired) electrons. The molecule has 3 amide bonds. The SMILES string of the molecule is CCOC(=O)c1c(-c2ccc(F)cc2)csc1NC(=O)CCCN1C(=O)C2CCC(C)(C1=O)C2(C)C. The molecule has 1 aliphatic carbocycles. The van der Waals surface area contributed by atoms with Gasteiger partial charge in [-0.25, -0.2) is 9.18 Å². The van der Waals surface area contributed by atoms with Crippen molar-refractivity contribution in [3.63, 3.8) is 0 Å². The Balaban J connectivity index is 1.43. The summed E-state index contributed by atoms with van der Waals surface area (Å²) in [5, 5.41) is 4.84. The number of ether oxygens (including phenoxy) is 1. The lowest BCUT2D eigenvalue weighted by atomic mass is 9.62. The molecule has 1 saturated carbocycles. The summed E-state index contributed by atoms with van der Waals surface area (Å²) in [4.78, 5) is 52.9. The highest BCUT2D eigenvalue weighted by atomic mass is 32.1. The lowest BCUT2D eigenvalue weighted by Crippen LogP contribution is -2.59. The number of rotatable bonds is 8. The van der Waals surface area contributed by atoms with Crippen LogP contribution in [-0.2, 0) is 19.1 Å². The van der Waals surface area contributed by atoms with Crippen LogP contribution in [0.1, 0.15) is 63.7 Å². The minimum atomic E-state index is -0.579. The van der Waals surface area contributed by atoms with Crippen molar-refractivity contribution in [2.45, 2.75) is 53.4 Å². The smallest absolute Gasteiger partial charge is 0.341 e. The van der Waals surface area contributed by atoms with E-state index in [9.17, 15) is 23.6 Å². The first kappa shape index (κ1) is 26.0. The van der Waals surface area contributed by atoms with Crippen molar-refractivity contribution in [3.05, 3.63) is 41.0 Å². The number of likely N-dealkylation sites (tertiary alicyclic amines) is 1. The Hall–Kier alpha value is -3.07. The zero-order chi connectivity index (χ0) is 26.3. The quantitative estimate of drug-likeness (QED) is 0.383. The van der Waals surface area contributed by atoms with Gasteiger partial charge in [-0.3, -0.25) is 19.3 Å². The molecule has 7 nitrogen and oxygen atoms in total. The van der Waals surface area contributed by atoms with Gasteiger partial charge >= 0.3 is 5.97 Å². The molecule has 2 aliphatic rings. The minimum absolute atomic E-state index is 0.0773. The summed E-state index contributed by atoms with van der Waals surface area (Å²) >= 11 is 1.18. The van der Waals surface area contributed by atoms with Gasteiger partial charge in [-0.1, -0.05) is 32.9 Å². The van der Waals surface area contributed by atoms with E-state index in [1.54, 1.807) is 24.4 Å². The van der Waals surface area contributed by atoms with Gasteiger partial charge in [0.15, 0.2) is 0 Å². The van der Waals surface area contributed by atoms with E-state index < -0.39 is 17.2 Å². The summed E-state index contributed by atoms with van der Waals surface area (Å²) < 4.78 is 18.6. The minimum Gasteiger partial charge on any atom is -0.462 e. The molecule has 192 valence electrons.